The van der Waals surface area contributed by atoms with Gasteiger partial charge < -0.3 is 5.32 Å². The summed E-state index contributed by atoms with van der Waals surface area (Å²) in [5.74, 6) is 1.81. The minimum atomic E-state index is 0.634. The van der Waals surface area contributed by atoms with E-state index in [1.165, 1.54) is 19.3 Å². The molecular formula is C10H17N3. The fraction of sp³-hybridized carbons (Fsp3) is 0.700. The van der Waals surface area contributed by atoms with Crippen molar-refractivity contribution in [1.82, 2.24) is 9.78 Å². The van der Waals surface area contributed by atoms with Gasteiger partial charge in [-0.2, -0.15) is 5.10 Å². The third kappa shape index (κ3) is 1.85. The van der Waals surface area contributed by atoms with E-state index in [2.05, 4.69) is 17.3 Å². The molecule has 3 heteroatoms. The number of hydrogen-bond acceptors (Lipinski definition) is 2. The Balaban J connectivity index is 1.97. The topological polar surface area (TPSA) is 29.9 Å². The average molecular weight is 179 g/mol. The molecule has 0 saturated heterocycles. The van der Waals surface area contributed by atoms with Gasteiger partial charge in [0.25, 0.3) is 0 Å². The minimum absolute atomic E-state index is 0.634. The first-order valence-electron chi connectivity index (χ1n) is 5.02. The smallest absolute Gasteiger partial charge is 0.148 e. The van der Waals surface area contributed by atoms with E-state index in [4.69, 9.17) is 0 Å². The molecule has 1 fully saturated rings. The van der Waals surface area contributed by atoms with E-state index in [1.54, 1.807) is 0 Å². The van der Waals surface area contributed by atoms with Crippen molar-refractivity contribution in [3.63, 3.8) is 0 Å². The molecule has 0 aromatic carbocycles. The molecule has 13 heavy (non-hydrogen) atoms. The van der Waals surface area contributed by atoms with Crippen molar-refractivity contribution in [1.29, 1.82) is 0 Å². The van der Waals surface area contributed by atoms with Crippen LogP contribution in [0, 0.1) is 5.92 Å². The van der Waals surface area contributed by atoms with E-state index in [1.807, 2.05) is 24.0 Å². The molecule has 2 atom stereocenters. The quantitative estimate of drug-likeness (QED) is 0.752. The zero-order valence-corrected chi connectivity index (χ0v) is 8.33. The third-order valence-corrected chi connectivity index (χ3v) is 2.91. The van der Waals surface area contributed by atoms with E-state index in [9.17, 15) is 0 Å². The summed E-state index contributed by atoms with van der Waals surface area (Å²) in [5, 5.41) is 7.79. The van der Waals surface area contributed by atoms with Gasteiger partial charge in [0.05, 0.1) is 0 Å². The second-order valence-electron chi connectivity index (χ2n) is 4.03. The van der Waals surface area contributed by atoms with E-state index >= 15 is 0 Å². The molecule has 1 N–H and O–H groups in total. The molecule has 1 aliphatic carbocycles. The van der Waals surface area contributed by atoms with Crippen molar-refractivity contribution < 1.29 is 0 Å². The average Bonchev–Trinajstić information content (AvgIpc) is 2.64. The molecule has 0 bridgehead atoms. The summed E-state index contributed by atoms with van der Waals surface area (Å²) >= 11 is 0. The summed E-state index contributed by atoms with van der Waals surface area (Å²) in [4.78, 5) is 0. The normalized spacial score (nSPS) is 27.8. The van der Waals surface area contributed by atoms with Crippen LogP contribution in [0.25, 0.3) is 0 Å². The molecule has 0 amide bonds. The first-order valence-corrected chi connectivity index (χ1v) is 5.02. The Bertz CT molecular complexity index is 279. The second-order valence-corrected chi connectivity index (χ2v) is 4.03. The van der Waals surface area contributed by atoms with Crippen molar-refractivity contribution in [3.8, 4) is 0 Å². The predicted octanol–water partition coefficient (Wildman–Crippen LogP) is 2.02. The molecule has 1 heterocycles. The van der Waals surface area contributed by atoms with E-state index in [0.717, 1.165) is 11.7 Å². The number of nitrogens with one attached hydrogen (secondary N) is 1. The molecule has 72 valence electrons. The molecule has 0 aliphatic heterocycles. The molecule has 1 aromatic heterocycles. The van der Waals surface area contributed by atoms with Gasteiger partial charge in [-0.15, -0.1) is 0 Å². The number of nitrogens with zero attached hydrogens (tertiary/aromatic N) is 2. The summed E-state index contributed by atoms with van der Waals surface area (Å²) in [6.07, 6.45) is 5.97. The van der Waals surface area contributed by atoms with Gasteiger partial charge in [0, 0.05) is 25.4 Å². The maximum atomic E-state index is 4.31. The molecular weight excluding hydrogens is 162 g/mol. The highest BCUT2D eigenvalue weighted by molar-refractivity contribution is 5.34. The van der Waals surface area contributed by atoms with Crippen molar-refractivity contribution in [2.75, 3.05) is 5.32 Å². The Morgan fingerprint density at radius 1 is 1.54 bits per heavy atom. The van der Waals surface area contributed by atoms with Crippen LogP contribution in [0.15, 0.2) is 12.3 Å². The van der Waals surface area contributed by atoms with E-state index in [-0.39, 0.29) is 0 Å². The molecule has 0 radical (unpaired) electrons. The highest BCUT2D eigenvalue weighted by Crippen LogP contribution is 2.27. The number of aryl methyl sites for hydroxylation is 1. The van der Waals surface area contributed by atoms with Crippen LogP contribution in [0.5, 0.6) is 0 Å². The molecule has 0 spiro atoms. The Kier molecular flexibility index (Phi) is 2.25. The Labute approximate surface area is 79.1 Å². The van der Waals surface area contributed by atoms with Crippen LogP contribution >= 0.6 is 0 Å². The lowest BCUT2D eigenvalue weighted by Gasteiger charge is -2.16. The summed E-state index contributed by atoms with van der Waals surface area (Å²) in [7, 11) is 1.95. The molecule has 1 aliphatic rings. The van der Waals surface area contributed by atoms with Gasteiger partial charge in [-0.3, -0.25) is 4.68 Å². The molecule has 3 nitrogen and oxygen atoms in total. The number of rotatable bonds is 2. The van der Waals surface area contributed by atoms with Gasteiger partial charge >= 0.3 is 0 Å². The van der Waals surface area contributed by atoms with Gasteiger partial charge in [0.1, 0.15) is 5.82 Å². The Morgan fingerprint density at radius 3 is 2.92 bits per heavy atom. The molecule has 2 rings (SSSR count). The van der Waals surface area contributed by atoms with E-state index < -0.39 is 0 Å². The Hall–Kier alpha value is -0.990. The van der Waals surface area contributed by atoms with Gasteiger partial charge in [0.2, 0.25) is 0 Å². The fourth-order valence-corrected chi connectivity index (χ4v) is 2.04. The second kappa shape index (κ2) is 3.40. The van der Waals surface area contributed by atoms with Gasteiger partial charge in [-0.05, 0) is 18.8 Å². The van der Waals surface area contributed by atoms with Gasteiger partial charge in [-0.1, -0.05) is 13.3 Å². The van der Waals surface area contributed by atoms with Crippen LogP contribution in [0.1, 0.15) is 26.2 Å². The van der Waals surface area contributed by atoms with Crippen molar-refractivity contribution in [2.45, 2.75) is 32.2 Å². The zero-order chi connectivity index (χ0) is 9.26. The summed E-state index contributed by atoms with van der Waals surface area (Å²) in [6, 6.07) is 2.67. The van der Waals surface area contributed by atoms with Crippen LogP contribution in [0.4, 0.5) is 5.82 Å². The third-order valence-electron chi connectivity index (χ3n) is 2.91. The zero-order valence-electron chi connectivity index (χ0n) is 8.33. The minimum Gasteiger partial charge on any atom is -0.366 e. The summed E-state index contributed by atoms with van der Waals surface area (Å²) in [6.45, 7) is 2.31. The monoisotopic (exact) mass is 179 g/mol. The van der Waals surface area contributed by atoms with Crippen LogP contribution in [-0.4, -0.2) is 15.8 Å². The lowest BCUT2D eigenvalue weighted by atomic mass is 10.1. The summed E-state index contributed by atoms with van der Waals surface area (Å²) in [5.41, 5.74) is 0. The van der Waals surface area contributed by atoms with Gasteiger partial charge in [-0.25, -0.2) is 0 Å². The standard InChI is InChI=1S/C10H17N3/c1-8-4-3-5-9(8)11-10-6-7-13(2)12-10/h6-9H,3-5H2,1-2H3,(H,11,12)/t8-,9+/m1/s1. The van der Waals surface area contributed by atoms with Crippen molar-refractivity contribution >= 4 is 5.82 Å². The SMILES string of the molecule is C[C@@H]1CCC[C@@H]1Nc1ccn(C)n1. The molecule has 1 saturated carbocycles. The number of hydrogen-bond donors (Lipinski definition) is 1. The van der Waals surface area contributed by atoms with Crippen molar-refractivity contribution in [3.05, 3.63) is 12.3 Å². The van der Waals surface area contributed by atoms with Crippen molar-refractivity contribution in [2.24, 2.45) is 13.0 Å². The highest BCUT2D eigenvalue weighted by Gasteiger charge is 2.23. The van der Waals surface area contributed by atoms with Crippen LogP contribution in [0.2, 0.25) is 0 Å². The Morgan fingerprint density at radius 2 is 2.38 bits per heavy atom. The first kappa shape index (κ1) is 8.60. The fourth-order valence-electron chi connectivity index (χ4n) is 2.04. The first-order chi connectivity index (χ1) is 6.25. The predicted molar refractivity (Wildman–Crippen MR) is 53.6 cm³/mol. The molecule has 1 aromatic rings. The lowest BCUT2D eigenvalue weighted by molar-refractivity contribution is 0.553. The van der Waals surface area contributed by atoms with Crippen LogP contribution in [-0.2, 0) is 7.05 Å². The largest absolute Gasteiger partial charge is 0.366 e. The highest BCUT2D eigenvalue weighted by atomic mass is 15.3. The van der Waals surface area contributed by atoms with Crippen LogP contribution in [0.3, 0.4) is 0 Å². The number of aromatic nitrogens is 2. The van der Waals surface area contributed by atoms with Gasteiger partial charge in [0.15, 0.2) is 0 Å². The maximum absolute atomic E-state index is 4.31. The van der Waals surface area contributed by atoms with Crippen LogP contribution < -0.4 is 5.32 Å². The summed E-state index contributed by atoms with van der Waals surface area (Å²) < 4.78 is 1.84. The maximum Gasteiger partial charge on any atom is 0.148 e. The lowest BCUT2D eigenvalue weighted by Crippen LogP contribution is -2.22. The molecule has 0 unspecified atom stereocenters. The van der Waals surface area contributed by atoms with E-state index in [0.29, 0.717) is 6.04 Å². The number of anilines is 1.